The van der Waals surface area contributed by atoms with Gasteiger partial charge in [0.2, 0.25) is 0 Å². The summed E-state index contributed by atoms with van der Waals surface area (Å²) in [5.41, 5.74) is 2.88. The fourth-order valence-corrected chi connectivity index (χ4v) is 6.96. The highest BCUT2D eigenvalue weighted by Crippen LogP contribution is 2.43. The second kappa shape index (κ2) is 20.5. The lowest BCUT2D eigenvalue weighted by atomic mass is 9.66. The molecular formula is C40H63N2+. The predicted octanol–water partition coefficient (Wildman–Crippen LogP) is 11.6. The minimum Gasteiger partial charge on any atom is -0.247 e. The lowest BCUT2D eigenvalue weighted by Gasteiger charge is -2.37. The zero-order valence-corrected chi connectivity index (χ0v) is 27.6. The Hall–Kier alpha value is -2.35. The molecule has 2 heteroatoms. The number of aromatic amines is 1. The van der Waals surface area contributed by atoms with E-state index in [0.29, 0.717) is 5.92 Å². The molecule has 0 radical (unpaired) electrons. The summed E-state index contributed by atoms with van der Waals surface area (Å²) in [4.78, 5) is 3.74. The van der Waals surface area contributed by atoms with Crippen molar-refractivity contribution in [1.29, 1.82) is 0 Å². The van der Waals surface area contributed by atoms with Gasteiger partial charge < -0.3 is 0 Å². The first-order chi connectivity index (χ1) is 20.7. The second-order valence-corrected chi connectivity index (χ2v) is 13.1. The molecular weight excluding hydrogens is 508 g/mol. The Balaban J connectivity index is 1.49. The number of aryl methyl sites for hydroxylation is 1. The molecule has 2 nitrogen and oxygen atoms in total. The first kappa shape index (κ1) is 34.1. The van der Waals surface area contributed by atoms with E-state index in [1.54, 1.807) is 0 Å². The van der Waals surface area contributed by atoms with Crippen LogP contribution in [-0.4, -0.2) is 4.98 Å². The van der Waals surface area contributed by atoms with Gasteiger partial charge >= 0.3 is 0 Å². The van der Waals surface area contributed by atoms with Crippen LogP contribution in [0.4, 0.5) is 0 Å². The number of rotatable bonds is 24. The maximum atomic E-state index is 3.74. The molecule has 1 heterocycles. The number of hydrogen-bond acceptors (Lipinski definition) is 0. The van der Waals surface area contributed by atoms with Gasteiger partial charge in [-0.25, -0.2) is 9.55 Å². The number of H-pyrrole nitrogens is 1. The number of aromatic nitrogens is 2. The van der Waals surface area contributed by atoms with E-state index < -0.39 is 0 Å². The van der Waals surface area contributed by atoms with Gasteiger partial charge in [-0.1, -0.05) is 178 Å². The molecule has 0 fully saturated rings. The molecule has 1 N–H and O–H groups in total. The van der Waals surface area contributed by atoms with Gasteiger partial charge in [0.05, 0.1) is 12.5 Å². The highest BCUT2D eigenvalue weighted by molar-refractivity contribution is 5.32. The van der Waals surface area contributed by atoms with Crippen LogP contribution in [0, 0.1) is 0 Å². The summed E-state index contributed by atoms with van der Waals surface area (Å²) in [7, 11) is 0. The largest absolute Gasteiger partial charge is 0.258 e. The first-order valence-electron chi connectivity index (χ1n) is 17.8. The van der Waals surface area contributed by atoms with Crippen LogP contribution >= 0.6 is 0 Å². The molecule has 0 amide bonds. The van der Waals surface area contributed by atoms with Crippen LogP contribution in [0.25, 0.3) is 0 Å². The molecule has 42 heavy (non-hydrogen) atoms. The van der Waals surface area contributed by atoms with Crippen LogP contribution in [0.3, 0.4) is 0 Å². The summed E-state index contributed by atoms with van der Waals surface area (Å²) in [6.07, 6.45) is 30.4. The minimum atomic E-state index is 0.0133. The molecule has 2 unspecified atom stereocenters. The van der Waals surface area contributed by atoms with E-state index in [0.717, 1.165) is 13.0 Å². The predicted molar refractivity (Wildman–Crippen MR) is 182 cm³/mol. The fraction of sp³-hybridized carbons (Fsp3) is 0.625. The van der Waals surface area contributed by atoms with Gasteiger partial charge in [-0.05, 0) is 36.8 Å². The van der Waals surface area contributed by atoms with E-state index in [1.165, 1.54) is 133 Å². The topological polar surface area (TPSA) is 19.7 Å². The molecule has 232 valence electrons. The molecule has 0 spiro atoms. The van der Waals surface area contributed by atoms with Crippen molar-refractivity contribution < 1.29 is 4.57 Å². The first-order valence-corrected chi connectivity index (χ1v) is 17.8. The number of hydrogen-bond donors (Lipinski definition) is 1. The van der Waals surface area contributed by atoms with Crippen molar-refractivity contribution in [2.24, 2.45) is 0 Å². The lowest BCUT2D eigenvalue weighted by Crippen LogP contribution is -2.43. The maximum Gasteiger partial charge on any atom is 0.258 e. The Morgan fingerprint density at radius 3 is 1.67 bits per heavy atom. The van der Waals surface area contributed by atoms with Crippen LogP contribution < -0.4 is 4.57 Å². The zero-order valence-electron chi connectivity index (χ0n) is 27.6. The summed E-state index contributed by atoms with van der Waals surface area (Å²) in [6, 6.07) is 22.4. The molecule has 1 aromatic heterocycles. The number of nitrogens with zero attached hydrogens (tertiary/aromatic N) is 1. The van der Waals surface area contributed by atoms with E-state index in [2.05, 4.69) is 103 Å². The highest BCUT2D eigenvalue weighted by atomic mass is 15.1. The Morgan fingerprint density at radius 1 is 0.619 bits per heavy atom. The molecule has 0 aliphatic carbocycles. The van der Waals surface area contributed by atoms with Gasteiger partial charge in [0.15, 0.2) is 0 Å². The molecule has 0 bridgehead atoms. The summed E-state index contributed by atoms with van der Waals surface area (Å²) in [5, 5.41) is 0. The molecule has 3 aromatic rings. The number of unbranched alkanes of at least 4 members (excludes halogenated alkanes) is 15. The van der Waals surface area contributed by atoms with E-state index in [4.69, 9.17) is 0 Å². The van der Waals surface area contributed by atoms with Crippen LogP contribution in [0.1, 0.15) is 159 Å². The zero-order chi connectivity index (χ0) is 29.7. The number of benzene rings is 2. The molecule has 0 saturated heterocycles. The van der Waals surface area contributed by atoms with E-state index in [-0.39, 0.29) is 5.41 Å². The third-order valence-electron chi connectivity index (χ3n) is 9.59. The van der Waals surface area contributed by atoms with Crippen molar-refractivity contribution >= 4 is 0 Å². The van der Waals surface area contributed by atoms with Gasteiger partial charge in [0.25, 0.3) is 5.82 Å². The Labute approximate surface area is 259 Å². The monoisotopic (exact) mass is 571 g/mol. The third kappa shape index (κ3) is 11.7. The van der Waals surface area contributed by atoms with E-state index >= 15 is 0 Å². The van der Waals surface area contributed by atoms with Crippen molar-refractivity contribution in [2.45, 2.75) is 161 Å². The third-order valence-corrected chi connectivity index (χ3v) is 9.59. The normalized spacial score (nSPS) is 13.7. The molecule has 3 rings (SSSR count). The Kier molecular flexibility index (Phi) is 16.7. The van der Waals surface area contributed by atoms with Crippen LogP contribution in [0.15, 0.2) is 73.1 Å². The van der Waals surface area contributed by atoms with Gasteiger partial charge in [-0.15, -0.1) is 0 Å². The SMILES string of the molecule is CCCCCCCCCCCCCCCCC[n+]1cc[nH]c1C(CCCC)C(C)(Cc1ccccc1)c1ccccc1. The Morgan fingerprint density at radius 2 is 1.12 bits per heavy atom. The van der Waals surface area contributed by atoms with Crippen molar-refractivity contribution in [2.75, 3.05) is 0 Å². The van der Waals surface area contributed by atoms with Gasteiger partial charge in [0, 0.05) is 5.41 Å². The van der Waals surface area contributed by atoms with Gasteiger partial charge in [0.1, 0.15) is 12.4 Å². The Bertz CT molecular complexity index is 1040. The standard InChI is InChI=1S/C40H62N2/c1-4-6-8-9-10-11-12-13-14-15-16-17-18-19-26-33-42-34-32-41-39(42)38(31-7-5-2)40(3,37-29-24-21-25-30-37)35-36-27-22-20-23-28-36/h20-25,27-30,32,34,38H,4-19,26,31,33,35H2,1-3H3/p+1. The lowest BCUT2D eigenvalue weighted by molar-refractivity contribution is -0.705. The second-order valence-electron chi connectivity index (χ2n) is 13.1. The summed E-state index contributed by atoms with van der Waals surface area (Å²) in [5.74, 6) is 1.85. The number of nitrogens with one attached hydrogen (secondary N) is 1. The highest BCUT2D eigenvalue weighted by Gasteiger charge is 2.41. The summed E-state index contributed by atoms with van der Waals surface area (Å²) >= 11 is 0. The van der Waals surface area contributed by atoms with E-state index in [9.17, 15) is 0 Å². The van der Waals surface area contributed by atoms with E-state index in [1.807, 2.05) is 0 Å². The summed E-state index contributed by atoms with van der Waals surface area (Å²) < 4.78 is 2.55. The van der Waals surface area contributed by atoms with Crippen molar-refractivity contribution in [3.05, 3.63) is 90.0 Å². The molecule has 0 aliphatic heterocycles. The van der Waals surface area contributed by atoms with Gasteiger partial charge in [-0.2, -0.15) is 0 Å². The number of imidazole rings is 1. The quantitative estimate of drug-likeness (QED) is 0.0815. The molecule has 0 saturated carbocycles. The average Bonchev–Trinajstić information content (AvgIpc) is 3.48. The minimum absolute atomic E-state index is 0.0133. The maximum absolute atomic E-state index is 3.74. The van der Waals surface area contributed by atoms with Crippen molar-refractivity contribution in [3.63, 3.8) is 0 Å². The fourth-order valence-electron chi connectivity index (χ4n) is 6.96. The van der Waals surface area contributed by atoms with Crippen molar-refractivity contribution in [1.82, 2.24) is 4.98 Å². The molecule has 0 aliphatic rings. The molecule has 2 aromatic carbocycles. The van der Waals surface area contributed by atoms with Crippen LogP contribution in [0.5, 0.6) is 0 Å². The van der Waals surface area contributed by atoms with Crippen molar-refractivity contribution in [3.8, 4) is 0 Å². The smallest absolute Gasteiger partial charge is 0.247 e. The van der Waals surface area contributed by atoms with Crippen LogP contribution in [-0.2, 0) is 18.4 Å². The summed E-state index contributed by atoms with van der Waals surface area (Å²) in [6.45, 7) is 8.26. The van der Waals surface area contributed by atoms with Gasteiger partial charge in [-0.3, -0.25) is 0 Å². The average molecular weight is 572 g/mol. The van der Waals surface area contributed by atoms with Crippen LogP contribution in [0.2, 0.25) is 0 Å². The molecule has 2 atom stereocenters.